The van der Waals surface area contributed by atoms with Gasteiger partial charge in [-0.1, -0.05) is 32.3 Å². The Kier molecular flexibility index (Phi) is 5.43. The first kappa shape index (κ1) is 20.8. The number of likely N-dealkylation sites (tertiary alicyclic amines) is 1. The first-order valence-electron chi connectivity index (χ1n) is 12.3. The maximum Gasteiger partial charge on any atom is 0.228 e. The first-order chi connectivity index (χ1) is 15.0. The van der Waals surface area contributed by atoms with Crippen molar-refractivity contribution >= 4 is 17.6 Å². The lowest BCUT2D eigenvalue weighted by Crippen LogP contribution is -2.50. The van der Waals surface area contributed by atoms with Crippen LogP contribution in [0.1, 0.15) is 58.3 Å². The summed E-state index contributed by atoms with van der Waals surface area (Å²) in [6.45, 7) is 7.12. The fourth-order valence-electron chi connectivity index (χ4n) is 6.25. The minimum Gasteiger partial charge on any atom is -0.353 e. The zero-order valence-corrected chi connectivity index (χ0v) is 18.9. The van der Waals surface area contributed by atoms with Crippen molar-refractivity contribution in [3.05, 3.63) is 24.4 Å². The molecule has 4 aliphatic rings. The number of hydrogen-bond acceptors (Lipinski definition) is 4. The molecule has 3 heterocycles. The van der Waals surface area contributed by atoms with Crippen LogP contribution in [0, 0.1) is 16.7 Å². The van der Waals surface area contributed by atoms with Crippen molar-refractivity contribution in [2.75, 3.05) is 44.2 Å². The van der Waals surface area contributed by atoms with Gasteiger partial charge in [0.15, 0.2) is 0 Å². The van der Waals surface area contributed by atoms with Gasteiger partial charge in [0, 0.05) is 56.8 Å². The van der Waals surface area contributed by atoms with Crippen LogP contribution in [0.25, 0.3) is 0 Å². The summed E-state index contributed by atoms with van der Waals surface area (Å²) in [5.41, 5.74) is 0.0221. The third-order valence-electron chi connectivity index (χ3n) is 8.57. The monoisotopic (exact) mass is 424 g/mol. The summed E-state index contributed by atoms with van der Waals surface area (Å²) in [4.78, 5) is 37.2. The molecular weight excluding hydrogens is 388 g/mol. The van der Waals surface area contributed by atoms with Crippen molar-refractivity contribution < 1.29 is 9.59 Å². The van der Waals surface area contributed by atoms with E-state index >= 15 is 0 Å². The summed E-state index contributed by atoms with van der Waals surface area (Å²) in [5.74, 6) is 1.90. The molecule has 6 heteroatoms. The topological polar surface area (TPSA) is 56.8 Å². The molecule has 31 heavy (non-hydrogen) atoms. The van der Waals surface area contributed by atoms with Crippen LogP contribution >= 0.6 is 0 Å². The summed E-state index contributed by atoms with van der Waals surface area (Å²) >= 11 is 0. The fourth-order valence-corrected chi connectivity index (χ4v) is 6.25. The van der Waals surface area contributed by atoms with Gasteiger partial charge in [0.1, 0.15) is 5.82 Å². The molecule has 2 saturated heterocycles. The van der Waals surface area contributed by atoms with E-state index in [1.54, 1.807) is 0 Å². The first-order valence-corrected chi connectivity index (χ1v) is 12.3. The van der Waals surface area contributed by atoms with Crippen LogP contribution < -0.4 is 4.90 Å². The number of anilines is 1. The molecule has 5 rings (SSSR count). The highest BCUT2D eigenvalue weighted by atomic mass is 16.2. The Morgan fingerprint density at radius 2 is 1.61 bits per heavy atom. The Hall–Kier alpha value is -2.11. The van der Waals surface area contributed by atoms with Crippen molar-refractivity contribution in [3.63, 3.8) is 0 Å². The highest BCUT2D eigenvalue weighted by Gasteiger charge is 2.60. The molecule has 168 valence electrons. The Morgan fingerprint density at radius 1 is 0.903 bits per heavy atom. The molecule has 1 aromatic rings. The van der Waals surface area contributed by atoms with Crippen LogP contribution in [0.3, 0.4) is 0 Å². The number of piperidine rings is 1. The number of rotatable bonds is 3. The standard InChI is InChI=1S/C25H36N4O2/c1-24(8-4-2-5-9-24)23(31)29-13-10-25(11-14-29)19-20(25)22(30)28-17-15-27(16-18-28)21-7-3-6-12-26-21/h3,6-7,12,20H,2,4-5,8-11,13-19H2,1H3. The van der Waals surface area contributed by atoms with Gasteiger partial charge in [0.25, 0.3) is 0 Å². The molecular formula is C25H36N4O2. The minimum absolute atomic E-state index is 0.144. The number of pyridine rings is 1. The Balaban J connectivity index is 1.12. The van der Waals surface area contributed by atoms with Crippen LogP contribution in [0.2, 0.25) is 0 Å². The van der Waals surface area contributed by atoms with E-state index in [1.165, 1.54) is 19.3 Å². The summed E-state index contributed by atoms with van der Waals surface area (Å²) in [6, 6.07) is 5.99. The number of carbonyl (C=O) groups excluding carboxylic acids is 2. The molecule has 0 bridgehead atoms. The van der Waals surface area contributed by atoms with Crippen molar-refractivity contribution in [1.82, 2.24) is 14.8 Å². The lowest BCUT2D eigenvalue weighted by Gasteiger charge is -2.41. The average molecular weight is 425 g/mol. The van der Waals surface area contributed by atoms with Gasteiger partial charge < -0.3 is 14.7 Å². The van der Waals surface area contributed by atoms with Crippen LogP contribution in [0.15, 0.2) is 24.4 Å². The summed E-state index contributed by atoms with van der Waals surface area (Å²) in [6.07, 6.45) is 10.6. The third kappa shape index (κ3) is 3.94. The molecule has 1 aromatic heterocycles. The quantitative estimate of drug-likeness (QED) is 0.747. The lowest BCUT2D eigenvalue weighted by molar-refractivity contribution is -0.145. The van der Waals surface area contributed by atoms with E-state index in [-0.39, 0.29) is 16.7 Å². The molecule has 1 atom stereocenters. The molecule has 0 radical (unpaired) electrons. The van der Waals surface area contributed by atoms with Crippen LogP contribution in [0.5, 0.6) is 0 Å². The van der Waals surface area contributed by atoms with Gasteiger partial charge in [-0.3, -0.25) is 9.59 Å². The SMILES string of the molecule is CC1(C(=O)N2CCC3(CC2)CC3C(=O)N2CCN(c3ccccn3)CC2)CCCCC1. The summed E-state index contributed by atoms with van der Waals surface area (Å²) < 4.78 is 0. The summed E-state index contributed by atoms with van der Waals surface area (Å²) in [7, 11) is 0. The summed E-state index contributed by atoms with van der Waals surface area (Å²) in [5, 5.41) is 0. The van der Waals surface area contributed by atoms with Crippen molar-refractivity contribution in [2.24, 2.45) is 16.7 Å². The molecule has 2 amide bonds. The third-order valence-corrected chi connectivity index (χ3v) is 8.57. The van der Waals surface area contributed by atoms with Gasteiger partial charge in [-0.05, 0) is 49.7 Å². The second-order valence-corrected chi connectivity index (χ2v) is 10.5. The molecule has 2 aliphatic heterocycles. The molecule has 0 aromatic carbocycles. The van der Waals surface area contributed by atoms with E-state index in [1.807, 2.05) is 24.4 Å². The van der Waals surface area contributed by atoms with E-state index in [9.17, 15) is 9.59 Å². The molecule has 1 unspecified atom stereocenters. The van der Waals surface area contributed by atoms with Crippen LogP contribution in [-0.2, 0) is 9.59 Å². The molecule has 2 saturated carbocycles. The molecule has 6 nitrogen and oxygen atoms in total. The lowest BCUT2D eigenvalue weighted by atomic mass is 9.74. The van der Waals surface area contributed by atoms with Gasteiger partial charge >= 0.3 is 0 Å². The zero-order valence-electron chi connectivity index (χ0n) is 18.9. The van der Waals surface area contributed by atoms with Gasteiger partial charge in [-0.25, -0.2) is 4.98 Å². The number of piperazine rings is 1. The number of carbonyl (C=O) groups is 2. The maximum atomic E-state index is 13.2. The Labute approximate surface area is 186 Å². The number of amides is 2. The fraction of sp³-hybridized carbons (Fsp3) is 0.720. The van der Waals surface area contributed by atoms with E-state index in [0.717, 1.165) is 77.2 Å². The molecule has 1 spiro atoms. The Bertz CT molecular complexity index is 804. The normalized spacial score (nSPS) is 27.3. The maximum absolute atomic E-state index is 13.2. The highest BCUT2D eigenvalue weighted by Crippen LogP contribution is 2.60. The number of aromatic nitrogens is 1. The van der Waals surface area contributed by atoms with Gasteiger partial charge in [-0.15, -0.1) is 0 Å². The average Bonchev–Trinajstić information content (AvgIpc) is 3.53. The number of nitrogens with zero attached hydrogens (tertiary/aromatic N) is 4. The second kappa shape index (κ2) is 8.10. The van der Waals surface area contributed by atoms with Crippen LogP contribution in [-0.4, -0.2) is 65.9 Å². The predicted octanol–water partition coefficient (Wildman–Crippen LogP) is 3.33. The van der Waals surface area contributed by atoms with Gasteiger partial charge in [0.2, 0.25) is 11.8 Å². The molecule has 4 fully saturated rings. The number of hydrogen-bond donors (Lipinski definition) is 0. The predicted molar refractivity (Wildman–Crippen MR) is 121 cm³/mol. The van der Waals surface area contributed by atoms with Gasteiger partial charge in [0.05, 0.1) is 0 Å². The van der Waals surface area contributed by atoms with Gasteiger partial charge in [-0.2, -0.15) is 0 Å². The van der Waals surface area contributed by atoms with Crippen LogP contribution in [0.4, 0.5) is 5.82 Å². The smallest absolute Gasteiger partial charge is 0.228 e. The van der Waals surface area contributed by atoms with E-state index in [0.29, 0.717) is 11.8 Å². The molecule has 0 N–H and O–H groups in total. The largest absolute Gasteiger partial charge is 0.353 e. The minimum atomic E-state index is -0.144. The highest BCUT2D eigenvalue weighted by molar-refractivity contribution is 5.84. The van der Waals surface area contributed by atoms with E-state index < -0.39 is 0 Å². The Morgan fingerprint density at radius 3 is 2.26 bits per heavy atom. The van der Waals surface area contributed by atoms with E-state index in [2.05, 4.69) is 26.6 Å². The van der Waals surface area contributed by atoms with Crippen molar-refractivity contribution in [2.45, 2.75) is 58.3 Å². The van der Waals surface area contributed by atoms with E-state index in [4.69, 9.17) is 0 Å². The molecule has 2 aliphatic carbocycles. The van der Waals surface area contributed by atoms with Crippen molar-refractivity contribution in [1.29, 1.82) is 0 Å². The van der Waals surface area contributed by atoms with Crippen molar-refractivity contribution in [3.8, 4) is 0 Å². The zero-order chi connectivity index (χ0) is 21.5. The second-order valence-electron chi connectivity index (χ2n) is 10.5.